The summed E-state index contributed by atoms with van der Waals surface area (Å²) in [4.78, 5) is 26.8. The minimum absolute atomic E-state index is 0.149. The lowest BCUT2D eigenvalue weighted by molar-refractivity contribution is -0.122. The standard InChI is InChI=1S/C17H18N4O3S/c1-10-4-5-12-13(7-10)25-16-15(12)17(23)21(20-19-16)9-14(22)18-8-11-3-2-6-24-11/h2-3,6,10H,4-5,7-9H2,1H3,(H,18,22). The van der Waals surface area contributed by atoms with Crippen molar-refractivity contribution in [2.45, 2.75) is 39.3 Å². The molecule has 1 aliphatic rings. The van der Waals surface area contributed by atoms with Crippen LogP contribution in [-0.4, -0.2) is 20.9 Å². The first-order valence-corrected chi connectivity index (χ1v) is 9.10. The molecule has 4 rings (SSSR count). The van der Waals surface area contributed by atoms with Gasteiger partial charge in [0.05, 0.1) is 18.2 Å². The van der Waals surface area contributed by atoms with Gasteiger partial charge in [0.15, 0.2) is 4.83 Å². The molecular formula is C17H18N4O3S. The molecular weight excluding hydrogens is 340 g/mol. The van der Waals surface area contributed by atoms with E-state index in [0.29, 0.717) is 21.9 Å². The molecule has 1 aliphatic carbocycles. The highest BCUT2D eigenvalue weighted by Gasteiger charge is 2.24. The van der Waals surface area contributed by atoms with Crippen LogP contribution in [-0.2, 0) is 30.7 Å². The van der Waals surface area contributed by atoms with Gasteiger partial charge in [-0.05, 0) is 42.9 Å². The van der Waals surface area contributed by atoms with Gasteiger partial charge in [0.25, 0.3) is 5.56 Å². The first-order chi connectivity index (χ1) is 12.1. The van der Waals surface area contributed by atoms with Crippen molar-refractivity contribution < 1.29 is 9.21 Å². The topological polar surface area (TPSA) is 90.0 Å². The third-order valence-corrected chi connectivity index (χ3v) is 5.66. The number of hydrogen-bond acceptors (Lipinski definition) is 6. The van der Waals surface area contributed by atoms with E-state index in [1.165, 1.54) is 4.88 Å². The second-order valence-electron chi connectivity index (χ2n) is 6.44. The van der Waals surface area contributed by atoms with Gasteiger partial charge in [0.2, 0.25) is 5.91 Å². The zero-order valence-electron chi connectivity index (χ0n) is 13.8. The number of nitrogens with zero attached hydrogens (tertiary/aromatic N) is 3. The Bertz CT molecular complexity index is 974. The molecule has 1 N–H and O–H groups in total. The van der Waals surface area contributed by atoms with E-state index in [4.69, 9.17) is 4.42 Å². The number of aromatic nitrogens is 3. The van der Waals surface area contributed by atoms with Crippen LogP contribution in [0.25, 0.3) is 10.2 Å². The highest BCUT2D eigenvalue weighted by molar-refractivity contribution is 7.18. The number of carbonyl (C=O) groups excluding carboxylic acids is 1. The van der Waals surface area contributed by atoms with E-state index < -0.39 is 0 Å². The summed E-state index contributed by atoms with van der Waals surface area (Å²) in [6.45, 7) is 2.35. The number of amides is 1. The molecule has 1 amide bonds. The van der Waals surface area contributed by atoms with E-state index in [1.807, 2.05) is 0 Å². The number of aryl methyl sites for hydroxylation is 1. The minimum Gasteiger partial charge on any atom is -0.467 e. The summed E-state index contributed by atoms with van der Waals surface area (Å²) in [5.41, 5.74) is 0.868. The molecule has 8 heteroatoms. The molecule has 0 bridgehead atoms. The Morgan fingerprint density at radius 3 is 3.20 bits per heavy atom. The molecule has 0 saturated heterocycles. The van der Waals surface area contributed by atoms with E-state index >= 15 is 0 Å². The zero-order valence-corrected chi connectivity index (χ0v) is 14.6. The Morgan fingerprint density at radius 1 is 1.52 bits per heavy atom. The van der Waals surface area contributed by atoms with Gasteiger partial charge in [-0.2, -0.15) is 0 Å². The second-order valence-corrected chi connectivity index (χ2v) is 7.52. The molecule has 3 aromatic rings. The van der Waals surface area contributed by atoms with Gasteiger partial charge in [-0.3, -0.25) is 9.59 Å². The molecule has 0 spiro atoms. The number of thiophene rings is 1. The third-order valence-electron chi connectivity index (χ3n) is 4.52. The average Bonchev–Trinajstić information content (AvgIpc) is 3.22. The number of carbonyl (C=O) groups is 1. The van der Waals surface area contributed by atoms with Crippen molar-refractivity contribution in [1.82, 2.24) is 20.3 Å². The molecule has 1 unspecified atom stereocenters. The number of hydrogen-bond donors (Lipinski definition) is 1. The Morgan fingerprint density at radius 2 is 2.40 bits per heavy atom. The van der Waals surface area contributed by atoms with Crippen LogP contribution in [0.3, 0.4) is 0 Å². The van der Waals surface area contributed by atoms with Gasteiger partial charge >= 0.3 is 0 Å². The fourth-order valence-electron chi connectivity index (χ4n) is 3.19. The predicted octanol–water partition coefficient (Wildman–Crippen LogP) is 1.89. The molecule has 0 fully saturated rings. The largest absolute Gasteiger partial charge is 0.467 e. The molecule has 3 heterocycles. The first kappa shape index (κ1) is 16.0. The first-order valence-electron chi connectivity index (χ1n) is 8.29. The van der Waals surface area contributed by atoms with Gasteiger partial charge < -0.3 is 9.73 Å². The average molecular weight is 358 g/mol. The molecule has 25 heavy (non-hydrogen) atoms. The Hall–Kier alpha value is -2.48. The smallest absolute Gasteiger partial charge is 0.279 e. The van der Waals surface area contributed by atoms with Crippen LogP contribution in [0, 0.1) is 5.92 Å². The molecule has 3 aromatic heterocycles. The molecule has 7 nitrogen and oxygen atoms in total. The Kier molecular flexibility index (Phi) is 4.12. The third kappa shape index (κ3) is 3.09. The van der Waals surface area contributed by atoms with Crippen molar-refractivity contribution in [3.8, 4) is 0 Å². The van der Waals surface area contributed by atoms with E-state index in [-0.39, 0.29) is 24.6 Å². The molecule has 1 atom stereocenters. The normalized spacial score (nSPS) is 16.8. The van der Waals surface area contributed by atoms with Crippen molar-refractivity contribution in [2.24, 2.45) is 5.92 Å². The Balaban J connectivity index is 1.57. The second kappa shape index (κ2) is 6.44. The van der Waals surface area contributed by atoms with Crippen LogP contribution >= 0.6 is 11.3 Å². The minimum atomic E-state index is -0.301. The summed E-state index contributed by atoms with van der Waals surface area (Å²) in [5, 5.41) is 11.5. The number of nitrogens with one attached hydrogen (secondary N) is 1. The van der Waals surface area contributed by atoms with Gasteiger partial charge in [0, 0.05) is 4.88 Å². The van der Waals surface area contributed by atoms with Crippen molar-refractivity contribution in [3.63, 3.8) is 0 Å². The van der Waals surface area contributed by atoms with E-state index in [0.717, 1.165) is 29.5 Å². The van der Waals surface area contributed by atoms with Gasteiger partial charge in [-0.15, -0.1) is 16.4 Å². The lowest BCUT2D eigenvalue weighted by atomic mass is 9.89. The summed E-state index contributed by atoms with van der Waals surface area (Å²) in [7, 11) is 0. The van der Waals surface area contributed by atoms with Crippen LogP contribution in [0.5, 0.6) is 0 Å². The maximum absolute atomic E-state index is 12.8. The van der Waals surface area contributed by atoms with Gasteiger partial charge in [0.1, 0.15) is 12.3 Å². The Labute approximate surface area is 147 Å². The monoisotopic (exact) mass is 358 g/mol. The van der Waals surface area contributed by atoms with Crippen LogP contribution in [0.1, 0.15) is 29.5 Å². The van der Waals surface area contributed by atoms with Crippen LogP contribution in [0.2, 0.25) is 0 Å². The van der Waals surface area contributed by atoms with Crippen LogP contribution in [0.15, 0.2) is 27.6 Å². The summed E-state index contributed by atoms with van der Waals surface area (Å²) < 4.78 is 6.31. The molecule has 0 saturated carbocycles. The van der Waals surface area contributed by atoms with Crippen LogP contribution < -0.4 is 10.9 Å². The summed E-state index contributed by atoms with van der Waals surface area (Å²) >= 11 is 1.55. The van der Waals surface area contributed by atoms with Crippen molar-refractivity contribution >= 4 is 27.5 Å². The molecule has 0 radical (unpaired) electrons. The fraction of sp³-hybridized carbons (Fsp3) is 0.412. The maximum atomic E-state index is 12.8. The van der Waals surface area contributed by atoms with Gasteiger partial charge in [-0.25, -0.2) is 4.68 Å². The molecule has 0 aromatic carbocycles. The van der Waals surface area contributed by atoms with E-state index in [2.05, 4.69) is 22.6 Å². The lowest BCUT2D eigenvalue weighted by Crippen LogP contribution is -2.34. The summed E-state index contributed by atoms with van der Waals surface area (Å²) in [5.74, 6) is 0.983. The van der Waals surface area contributed by atoms with Crippen molar-refractivity contribution in [2.75, 3.05) is 0 Å². The zero-order chi connectivity index (χ0) is 17.4. The lowest BCUT2D eigenvalue weighted by Gasteiger charge is -2.17. The SMILES string of the molecule is CC1CCc2c(sc3nnn(CC(=O)NCc4ccco4)c(=O)c23)C1. The predicted molar refractivity (Wildman–Crippen MR) is 93.4 cm³/mol. The van der Waals surface area contributed by atoms with E-state index in [9.17, 15) is 9.59 Å². The number of fused-ring (bicyclic) bond motifs is 3. The highest BCUT2D eigenvalue weighted by atomic mass is 32.1. The van der Waals surface area contributed by atoms with E-state index in [1.54, 1.807) is 29.7 Å². The number of furan rings is 1. The van der Waals surface area contributed by atoms with Gasteiger partial charge in [-0.1, -0.05) is 12.1 Å². The summed E-state index contributed by atoms with van der Waals surface area (Å²) in [6, 6.07) is 3.53. The fourth-order valence-corrected chi connectivity index (χ4v) is 4.50. The maximum Gasteiger partial charge on any atom is 0.279 e. The molecule has 130 valence electrons. The van der Waals surface area contributed by atoms with Crippen molar-refractivity contribution in [3.05, 3.63) is 45.0 Å². The molecule has 0 aliphatic heterocycles. The van der Waals surface area contributed by atoms with Crippen LogP contribution in [0.4, 0.5) is 0 Å². The number of rotatable bonds is 4. The van der Waals surface area contributed by atoms with Crippen molar-refractivity contribution in [1.29, 1.82) is 0 Å². The summed E-state index contributed by atoms with van der Waals surface area (Å²) in [6.07, 6.45) is 4.50. The quantitative estimate of drug-likeness (QED) is 0.769. The highest BCUT2D eigenvalue weighted by Crippen LogP contribution is 2.35.